The average Bonchev–Trinajstić information content (AvgIpc) is 2.15. The van der Waals surface area contributed by atoms with Gasteiger partial charge >= 0.3 is 0 Å². The molecule has 0 aromatic heterocycles. The van der Waals surface area contributed by atoms with E-state index in [0.717, 1.165) is 5.56 Å². The summed E-state index contributed by atoms with van der Waals surface area (Å²) in [6.07, 6.45) is -0.345. The number of benzene rings is 1. The highest BCUT2D eigenvalue weighted by Crippen LogP contribution is 2.15. The van der Waals surface area contributed by atoms with Crippen molar-refractivity contribution in [1.29, 1.82) is 0 Å². The van der Waals surface area contributed by atoms with E-state index in [1.807, 2.05) is 37.3 Å². The van der Waals surface area contributed by atoms with E-state index in [1.54, 1.807) is 6.92 Å². The maximum absolute atomic E-state index is 9.02. The highest BCUT2D eigenvalue weighted by atomic mass is 16.5. The summed E-state index contributed by atoms with van der Waals surface area (Å²) >= 11 is 0. The molecule has 0 saturated carbocycles. The molecule has 1 aromatic rings. The van der Waals surface area contributed by atoms with E-state index in [4.69, 9.17) is 9.84 Å². The van der Waals surface area contributed by atoms with Crippen LogP contribution >= 0.6 is 0 Å². The minimum Gasteiger partial charge on any atom is -0.391 e. The minimum absolute atomic E-state index is 0.0517. The van der Waals surface area contributed by atoms with E-state index in [9.17, 15) is 0 Å². The van der Waals surface area contributed by atoms with Gasteiger partial charge in [-0.2, -0.15) is 0 Å². The summed E-state index contributed by atoms with van der Waals surface area (Å²) in [5.74, 6) is 0. The molecule has 0 fully saturated rings. The molecule has 1 aromatic carbocycles. The maximum Gasteiger partial charge on any atom is 0.0798 e. The number of aliphatic hydroxyl groups excluding tert-OH is 1. The Morgan fingerprint density at radius 1 is 1.23 bits per heavy atom. The first-order chi connectivity index (χ1) is 6.20. The highest BCUT2D eigenvalue weighted by molar-refractivity contribution is 5.16. The first-order valence-electron chi connectivity index (χ1n) is 4.54. The third-order valence-corrected chi connectivity index (χ3v) is 1.86. The molecule has 0 heterocycles. The van der Waals surface area contributed by atoms with Gasteiger partial charge < -0.3 is 9.84 Å². The molecule has 0 aliphatic rings. The van der Waals surface area contributed by atoms with Crippen LogP contribution < -0.4 is 0 Å². The van der Waals surface area contributed by atoms with Crippen molar-refractivity contribution in [3.8, 4) is 0 Å². The smallest absolute Gasteiger partial charge is 0.0798 e. The number of ether oxygens (including phenoxy) is 1. The van der Waals surface area contributed by atoms with Gasteiger partial charge in [0, 0.05) is 0 Å². The average molecular weight is 180 g/mol. The fourth-order valence-corrected chi connectivity index (χ4v) is 1.10. The molecule has 0 saturated heterocycles. The maximum atomic E-state index is 9.02. The molecule has 1 N–H and O–H groups in total. The van der Waals surface area contributed by atoms with Crippen molar-refractivity contribution in [3.05, 3.63) is 35.9 Å². The lowest BCUT2D eigenvalue weighted by molar-refractivity contribution is 0.00449. The number of aliphatic hydroxyl groups is 1. The summed E-state index contributed by atoms with van der Waals surface area (Å²) in [4.78, 5) is 0. The molecular weight excluding hydrogens is 164 g/mol. The molecule has 0 radical (unpaired) electrons. The Balaban J connectivity index is 2.44. The van der Waals surface area contributed by atoms with E-state index < -0.39 is 6.10 Å². The van der Waals surface area contributed by atoms with Gasteiger partial charge in [0.1, 0.15) is 0 Å². The highest BCUT2D eigenvalue weighted by Gasteiger charge is 2.05. The summed E-state index contributed by atoms with van der Waals surface area (Å²) in [7, 11) is 0. The second kappa shape index (κ2) is 5.00. The van der Waals surface area contributed by atoms with Gasteiger partial charge in [0.2, 0.25) is 0 Å². The number of rotatable bonds is 4. The zero-order valence-electron chi connectivity index (χ0n) is 8.10. The van der Waals surface area contributed by atoms with E-state index in [2.05, 4.69) is 0 Å². The number of hydrogen-bond donors (Lipinski definition) is 1. The van der Waals surface area contributed by atoms with Crippen LogP contribution in [0.4, 0.5) is 0 Å². The lowest BCUT2D eigenvalue weighted by atomic mass is 10.1. The van der Waals surface area contributed by atoms with Crippen molar-refractivity contribution >= 4 is 0 Å². The Morgan fingerprint density at radius 2 is 1.85 bits per heavy atom. The van der Waals surface area contributed by atoms with Gasteiger partial charge in [-0.3, -0.25) is 0 Å². The molecule has 0 aliphatic carbocycles. The quantitative estimate of drug-likeness (QED) is 0.769. The molecule has 0 aliphatic heterocycles. The molecule has 0 spiro atoms. The van der Waals surface area contributed by atoms with Crippen LogP contribution in [0.25, 0.3) is 0 Å². The summed E-state index contributed by atoms with van der Waals surface area (Å²) in [5.41, 5.74) is 1.14. The molecule has 2 nitrogen and oxygen atoms in total. The molecule has 2 atom stereocenters. The second-order valence-electron chi connectivity index (χ2n) is 3.24. The van der Waals surface area contributed by atoms with Crippen molar-refractivity contribution in [2.24, 2.45) is 0 Å². The van der Waals surface area contributed by atoms with Crippen molar-refractivity contribution in [2.45, 2.75) is 26.1 Å². The third kappa shape index (κ3) is 3.57. The second-order valence-corrected chi connectivity index (χ2v) is 3.24. The van der Waals surface area contributed by atoms with Crippen LogP contribution in [0.5, 0.6) is 0 Å². The van der Waals surface area contributed by atoms with Crippen LogP contribution in [0.3, 0.4) is 0 Å². The summed E-state index contributed by atoms with van der Waals surface area (Å²) < 4.78 is 5.44. The molecule has 0 bridgehead atoms. The largest absolute Gasteiger partial charge is 0.391 e. The van der Waals surface area contributed by atoms with E-state index >= 15 is 0 Å². The Labute approximate surface area is 79.2 Å². The molecule has 0 amide bonds. The summed E-state index contributed by atoms with van der Waals surface area (Å²) in [5, 5.41) is 9.02. The van der Waals surface area contributed by atoms with Gasteiger partial charge in [0.15, 0.2) is 0 Å². The Kier molecular flexibility index (Phi) is 3.93. The molecule has 13 heavy (non-hydrogen) atoms. The first kappa shape index (κ1) is 10.2. The topological polar surface area (TPSA) is 29.5 Å². The molecule has 2 heteroatoms. The third-order valence-electron chi connectivity index (χ3n) is 1.86. The summed E-state index contributed by atoms with van der Waals surface area (Å²) in [6, 6.07) is 9.99. The SMILES string of the molecule is C[C@H](O)CO[C@H](C)c1ccccc1. The van der Waals surface area contributed by atoms with E-state index in [0.29, 0.717) is 6.61 Å². The Hall–Kier alpha value is -0.860. The van der Waals surface area contributed by atoms with Crippen molar-refractivity contribution in [2.75, 3.05) is 6.61 Å². The predicted octanol–water partition coefficient (Wildman–Crippen LogP) is 2.14. The Morgan fingerprint density at radius 3 is 2.38 bits per heavy atom. The first-order valence-corrected chi connectivity index (χ1v) is 4.54. The molecule has 1 rings (SSSR count). The Bertz CT molecular complexity index is 231. The zero-order chi connectivity index (χ0) is 9.68. The van der Waals surface area contributed by atoms with Crippen LogP contribution in [0, 0.1) is 0 Å². The minimum atomic E-state index is -0.397. The van der Waals surface area contributed by atoms with Crippen molar-refractivity contribution in [1.82, 2.24) is 0 Å². The van der Waals surface area contributed by atoms with Crippen LogP contribution in [-0.4, -0.2) is 17.8 Å². The van der Waals surface area contributed by atoms with Crippen LogP contribution in [0.1, 0.15) is 25.5 Å². The van der Waals surface area contributed by atoms with Crippen LogP contribution in [0.15, 0.2) is 30.3 Å². The lowest BCUT2D eigenvalue weighted by Gasteiger charge is -2.14. The van der Waals surface area contributed by atoms with Crippen LogP contribution in [0.2, 0.25) is 0 Å². The van der Waals surface area contributed by atoms with Gasteiger partial charge in [-0.15, -0.1) is 0 Å². The molecule has 0 unspecified atom stereocenters. The van der Waals surface area contributed by atoms with Crippen molar-refractivity contribution < 1.29 is 9.84 Å². The van der Waals surface area contributed by atoms with E-state index in [-0.39, 0.29) is 6.10 Å². The van der Waals surface area contributed by atoms with Gasteiger partial charge in [-0.25, -0.2) is 0 Å². The normalized spacial score (nSPS) is 15.3. The predicted molar refractivity (Wildman–Crippen MR) is 52.5 cm³/mol. The van der Waals surface area contributed by atoms with E-state index in [1.165, 1.54) is 0 Å². The van der Waals surface area contributed by atoms with Gasteiger partial charge in [-0.05, 0) is 19.4 Å². The van der Waals surface area contributed by atoms with Gasteiger partial charge in [0.05, 0.1) is 18.8 Å². The standard InChI is InChI=1S/C11H16O2/c1-9(12)8-13-10(2)11-6-4-3-5-7-11/h3-7,9-10,12H,8H2,1-2H3/t9-,10+/m0/s1. The number of hydrogen-bond acceptors (Lipinski definition) is 2. The monoisotopic (exact) mass is 180 g/mol. The van der Waals surface area contributed by atoms with Gasteiger partial charge in [0.25, 0.3) is 0 Å². The molecular formula is C11H16O2. The zero-order valence-corrected chi connectivity index (χ0v) is 8.10. The molecule has 72 valence electrons. The lowest BCUT2D eigenvalue weighted by Crippen LogP contribution is -2.12. The fraction of sp³-hybridized carbons (Fsp3) is 0.455. The van der Waals surface area contributed by atoms with Crippen molar-refractivity contribution in [3.63, 3.8) is 0 Å². The van der Waals surface area contributed by atoms with Crippen LogP contribution in [-0.2, 0) is 4.74 Å². The van der Waals surface area contributed by atoms with Gasteiger partial charge in [-0.1, -0.05) is 30.3 Å². The fourth-order valence-electron chi connectivity index (χ4n) is 1.10. The summed E-state index contributed by atoms with van der Waals surface area (Å²) in [6.45, 7) is 4.09.